The van der Waals surface area contributed by atoms with Crippen LogP contribution in [0.2, 0.25) is 0 Å². The summed E-state index contributed by atoms with van der Waals surface area (Å²) in [6.45, 7) is 6.05. The molecule has 0 aliphatic carbocycles. The summed E-state index contributed by atoms with van der Waals surface area (Å²) >= 11 is 0. The summed E-state index contributed by atoms with van der Waals surface area (Å²) in [4.78, 5) is 15.5. The van der Waals surface area contributed by atoms with Crippen molar-refractivity contribution in [1.29, 1.82) is 0 Å². The van der Waals surface area contributed by atoms with Gasteiger partial charge in [-0.3, -0.25) is 4.79 Å². The number of benzene rings is 3. The molecule has 3 heterocycles. The lowest BCUT2D eigenvalue weighted by Gasteiger charge is -2.46. The van der Waals surface area contributed by atoms with Crippen molar-refractivity contribution in [3.8, 4) is 0 Å². The van der Waals surface area contributed by atoms with Gasteiger partial charge >= 0.3 is 0 Å². The van der Waals surface area contributed by atoms with E-state index in [0.29, 0.717) is 19.6 Å². The molecule has 3 aromatic carbocycles. The van der Waals surface area contributed by atoms with Crippen LogP contribution in [0.25, 0.3) is 0 Å². The average molecular weight is 755 g/mol. The number of unbranched alkanes of at least 4 members (excludes halogenated alkanes) is 12. The van der Waals surface area contributed by atoms with E-state index in [9.17, 15) is 9.90 Å². The van der Waals surface area contributed by atoms with E-state index in [2.05, 4.69) is 53.5 Å². The molecule has 0 saturated carbocycles. The quantitative estimate of drug-likeness (QED) is 0.105. The van der Waals surface area contributed by atoms with Crippen molar-refractivity contribution in [3.05, 3.63) is 101 Å². The Morgan fingerprint density at radius 2 is 1.35 bits per heavy atom. The number of likely N-dealkylation sites (tertiary alicyclic amines) is 1. The second kappa shape index (κ2) is 22.0. The van der Waals surface area contributed by atoms with E-state index in [0.717, 1.165) is 73.3 Å². The van der Waals surface area contributed by atoms with E-state index in [1.807, 2.05) is 42.5 Å². The van der Waals surface area contributed by atoms with E-state index in [1.54, 1.807) is 0 Å². The zero-order chi connectivity index (χ0) is 38.1. The first-order valence-electron chi connectivity index (χ1n) is 21.5. The number of amides is 1. The fraction of sp³-hybridized carbons (Fsp3) is 0.596. The van der Waals surface area contributed by atoms with Gasteiger partial charge in [0.05, 0.1) is 32.0 Å². The Balaban J connectivity index is 1.07. The highest BCUT2D eigenvalue weighted by molar-refractivity contribution is 5.90. The topological polar surface area (TPSA) is 89.5 Å². The first-order chi connectivity index (χ1) is 27.1. The number of aliphatic hydroxyl groups excluding tert-OH is 1. The van der Waals surface area contributed by atoms with Crippen LogP contribution in [0.3, 0.4) is 0 Å². The minimum Gasteiger partial charge on any atom is -0.392 e. The van der Waals surface area contributed by atoms with Crippen LogP contribution >= 0.6 is 0 Å². The van der Waals surface area contributed by atoms with Gasteiger partial charge in [0.25, 0.3) is 0 Å². The van der Waals surface area contributed by atoms with Crippen molar-refractivity contribution in [2.24, 2.45) is 0 Å². The molecule has 0 radical (unpaired) electrons. The average Bonchev–Trinajstić information content (AvgIpc) is 3.68. The van der Waals surface area contributed by atoms with Crippen molar-refractivity contribution in [3.63, 3.8) is 0 Å². The highest BCUT2D eigenvalue weighted by Crippen LogP contribution is 2.47. The van der Waals surface area contributed by atoms with E-state index in [-0.39, 0.29) is 30.6 Å². The third kappa shape index (κ3) is 12.4. The van der Waals surface area contributed by atoms with Crippen LogP contribution in [0, 0.1) is 0 Å². The number of rotatable bonds is 21. The minimum absolute atomic E-state index is 0.00989. The maximum absolute atomic E-state index is 13.0. The van der Waals surface area contributed by atoms with Crippen molar-refractivity contribution in [2.75, 3.05) is 38.2 Å². The number of carbonyl (C=O) groups excluding carboxylic acids is 1. The van der Waals surface area contributed by atoms with Crippen LogP contribution in [0.5, 0.6) is 0 Å². The molecule has 3 fully saturated rings. The van der Waals surface area contributed by atoms with Gasteiger partial charge in [0.1, 0.15) is 0 Å². The maximum atomic E-state index is 13.0. The summed E-state index contributed by atoms with van der Waals surface area (Å²) in [5, 5.41) is 12.9. The smallest absolute Gasteiger partial charge is 0.224 e. The Morgan fingerprint density at radius 3 is 1.98 bits per heavy atom. The molecule has 8 nitrogen and oxygen atoms in total. The highest BCUT2D eigenvalue weighted by atomic mass is 16.7. The molecule has 0 bridgehead atoms. The number of piperidine rings is 1. The molecule has 3 aliphatic rings. The number of aliphatic hydroxyl groups is 1. The number of nitrogens with one attached hydrogen (secondary N) is 1. The lowest BCUT2D eigenvalue weighted by Crippen LogP contribution is -2.50. The number of hydrogen-bond acceptors (Lipinski definition) is 7. The molecular weight excluding hydrogens is 689 g/mol. The Labute approximate surface area is 330 Å². The molecule has 2 N–H and O–H groups in total. The molecule has 6 rings (SSSR count). The molecule has 1 unspecified atom stereocenters. The number of ether oxygens (including phenoxy) is 4. The molecule has 3 aliphatic heterocycles. The van der Waals surface area contributed by atoms with Crippen LogP contribution in [0.1, 0.15) is 150 Å². The van der Waals surface area contributed by atoms with Crippen LogP contribution in [0.15, 0.2) is 78.9 Å². The molecule has 0 aromatic heterocycles. The third-order valence-corrected chi connectivity index (χ3v) is 11.8. The molecule has 4 atom stereocenters. The van der Waals surface area contributed by atoms with Crippen LogP contribution in [-0.2, 0) is 30.3 Å². The van der Waals surface area contributed by atoms with E-state index in [1.165, 1.54) is 70.6 Å². The summed E-state index contributed by atoms with van der Waals surface area (Å²) in [7, 11) is 0. The monoisotopic (exact) mass is 754 g/mol. The Morgan fingerprint density at radius 1 is 0.727 bits per heavy atom. The largest absolute Gasteiger partial charge is 0.392 e. The predicted octanol–water partition coefficient (Wildman–Crippen LogP) is 10.4. The lowest BCUT2D eigenvalue weighted by molar-refractivity contribution is -0.265. The molecule has 300 valence electrons. The van der Waals surface area contributed by atoms with Gasteiger partial charge in [0.2, 0.25) is 5.91 Å². The summed E-state index contributed by atoms with van der Waals surface area (Å²) in [6.07, 6.45) is 17.8. The number of carbonyl (C=O) groups is 1. The minimum atomic E-state index is -0.636. The molecule has 8 heteroatoms. The number of anilines is 1. The SMILES string of the molecule is CCCCCCCCCCCCCCCC(=O)Nc1cccc(C2O[C@H](CN3CCC4(CC3)OCCO4)[C@@H](c3ccccc3)[C@H](c3ccc(CO)cc3)O2)c1. The fourth-order valence-electron chi connectivity index (χ4n) is 8.57. The highest BCUT2D eigenvalue weighted by Gasteiger charge is 2.45. The van der Waals surface area contributed by atoms with Gasteiger partial charge in [-0.25, -0.2) is 0 Å². The zero-order valence-corrected chi connectivity index (χ0v) is 33.3. The fourth-order valence-corrected chi connectivity index (χ4v) is 8.57. The summed E-state index contributed by atoms with van der Waals surface area (Å²) in [5.74, 6) is -0.466. The van der Waals surface area contributed by atoms with Gasteiger partial charge in [-0.1, -0.05) is 151 Å². The molecule has 3 saturated heterocycles. The molecule has 1 amide bonds. The van der Waals surface area contributed by atoms with E-state index in [4.69, 9.17) is 18.9 Å². The van der Waals surface area contributed by atoms with E-state index < -0.39 is 12.1 Å². The van der Waals surface area contributed by atoms with Gasteiger partial charge in [-0.05, 0) is 35.2 Å². The number of nitrogens with zero attached hydrogens (tertiary/aromatic N) is 1. The predicted molar refractivity (Wildman–Crippen MR) is 219 cm³/mol. The van der Waals surface area contributed by atoms with Crippen molar-refractivity contribution in [1.82, 2.24) is 4.90 Å². The first kappa shape index (κ1) is 41.5. The zero-order valence-electron chi connectivity index (χ0n) is 33.3. The van der Waals surface area contributed by atoms with Crippen LogP contribution in [-0.4, -0.2) is 60.7 Å². The Kier molecular flexibility index (Phi) is 16.6. The summed E-state index contributed by atoms with van der Waals surface area (Å²) in [5.41, 5.74) is 4.69. The van der Waals surface area contributed by atoms with E-state index >= 15 is 0 Å². The van der Waals surface area contributed by atoms with Gasteiger partial charge in [0.15, 0.2) is 12.1 Å². The van der Waals surface area contributed by atoms with Gasteiger partial charge in [-0.2, -0.15) is 0 Å². The molecule has 55 heavy (non-hydrogen) atoms. The third-order valence-electron chi connectivity index (χ3n) is 11.8. The van der Waals surface area contributed by atoms with Crippen molar-refractivity contribution in [2.45, 2.75) is 146 Å². The van der Waals surface area contributed by atoms with Crippen molar-refractivity contribution < 1.29 is 28.8 Å². The molecule has 1 spiro atoms. The van der Waals surface area contributed by atoms with Crippen LogP contribution < -0.4 is 5.32 Å². The van der Waals surface area contributed by atoms with Gasteiger partial charge in [0, 0.05) is 56.1 Å². The van der Waals surface area contributed by atoms with Gasteiger partial charge in [-0.15, -0.1) is 0 Å². The standard InChI is InChI=1S/C47H66N2O6/c1-2-3-4-5-6-7-8-9-10-11-12-13-17-23-43(51)48-41-22-18-21-40(34-41)46-54-42(35-49-30-28-47(29-31-49)52-32-33-53-47)44(38-19-15-14-16-20-38)45(55-46)39-26-24-37(36-50)25-27-39/h14-16,18-22,24-27,34,42,44-46,50H,2-13,17,23,28-33,35-36H2,1H3,(H,48,51)/t42-,44-,45+,46?/m1/s1. The maximum Gasteiger partial charge on any atom is 0.224 e. The second-order valence-electron chi connectivity index (χ2n) is 16.0. The lowest BCUT2D eigenvalue weighted by atomic mass is 9.83. The Hall–Kier alpha value is -3.11. The van der Waals surface area contributed by atoms with Crippen molar-refractivity contribution >= 4 is 11.6 Å². The molecular formula is C47H66N2O6. The Bertz CT molecular complexity index is 1530. The normalized spacial score (nSPS) is 22.6. The van der Waals surface area contributed by atoms with Crippen LogP contribution in [0.4, 0.5) is 5.69 Å². The molecule has 3 aromatic rings. The van der Waals surface area contributed by atoms with Gasteiger partial charge < -0.3 is 34.3 Å². The number of hydrogen-bond donors (Lipinski definition) is 2. The second-order valence-corrected chi connectivity index (χ2v) is 16.0. The summed E-state index contributed by atoms with van der Waals surface area (Å²) < 4.78 is 26.0. The summed E-state index contributed by atoms with van der Waals surface area (Å²) in [6, 6.07) is 26.5. The first-order valence-corrected chi connectivity index (χ1v) is 21.5.